The van der Waals surface area contributed by atoms with Crippen molar-refractivity contribution >= 4 is 5.57 Å². The van der Waals surface area contributed by atoms with Crippen molar-refractivity contribution in [3.05, 3.63) is 48.2 Å². The topological polar surface area (TPSA) is 18.5 Å². The molecule has 18 heavy (non-hydrogen) atoms. The van der Waals surface area contributed by atoms with Crippen LogP contribution < -0.4 is 4.74 Å². The lowest BCUT2D eigenvalue weighted by Gasteiger charge is -2.04. The van der Waals surface area contributed by atoms with Gasteiger partial charge in [-0.25, -0.2) is 0 Å². The quantitative estimate of drug-likeness (QED) is 0.402. The normalized spacial score (nSPS) is 11.8. The molecule has 0 atom stereocenters. The van der Waals surface area contributed by atoms with E-state index >= 15 is 0 Å². The monoisotopic (exact) mass is 246 g/mol. The highest BCUT2D eigenvalue weighted by Gasteiger charge is 1.96. The average molecular weight is 246 g/mol. The molecule has 0 bridgehead atoms. The van der Waals surface area contributed by atoms with Gasteiger partial charge in [0.25, 0.3) is 0 Å². The van der Waals surface area contributed by atoms with Crippen LogP contribution in [0.15, 0.2) is 42.7 Å². The molecular formula is C16H22O2. The first-order chi connectivity index (χ1) is 8.77. The molecule has 0 unspecified atom stereocenters. The Morgan fingerprint density at radius 3 is 2.50 bits per heavy atom. The second kappa shape index (κ2) is 8.40. The minimum Gasteiger partial charge on any atom is -0.501 e. The Labute approximate surface area is 110 Å². The van der Waals surface area contributed by atoms with Gasteiger partial charge in [0.15, 0.2) is 0 Å². The highest BCUT2D eigenvalue weighted by Crippen LogP contribution is 2.18. The van der Waals surface area contributed by atoms with Gasteiger partial charge >= 0.3 is 0 Å². The van der Waals surface area contributed by atoms with Gasteiger partial charge in [0, 0.05) is 0 Å². The number of ether oxygens (including phenoxy) is 2. The lowest BCUT2D eigenvalue weighted by Crippen LogP contribution is -1.88. The number of methoxy groups -OCH3 is 1. The molecule has 0 saturated carbocycles. The van der Waals surface area contributed by atoms with Crippen LogP contribution in [0.3, 0.4) is 0 Å². The van der Waals surface area contributed by atoms with E-state index < -0.39 is 0 Å². The molecule has 0 fully saturated rings. The number of hydrogen-bond acceptors (Lipinski definition) is 2. The zero-order valence-corrected chi connectivity index (χ0v) is 11.5. The minimum atomic E-state index is 0.726. The molecule has 0 aliphatic rings. The molecule has 0 aliphatic heterocycles. The molecule has 2 nitrogen and oxygen atoms in total. The molecule has 0 saturated heterocycles. The summed E-state index contributed by atoms with van der Waals surface area (Å²) >= 11 is 0. The third kappa shape index (κ3) is 5.09. The van der Waals surface area contributed by atoms with Crippen LogP contribution in [0.25, 0.3) is 5.57 Å². The van der Waals surface area contributed by atoms with Gasteiger partial charge < -0.3 is 9.47 Å². The summed E-state index contributed by atoms with van der Waals surface area (Å²) in [6.07, 6.45) is 8.17. The third-order valence-corrected chi connectivity index (χ3v) is 2.61. The van der Waals surface area contributed by atoms with Crippen LogP contribution in [-0.4, -0.2) is 13.7 Å². The van der Waals surface area contributed by atoms with Crippen LogP contribution >= 0.6 is 0 Å². The lowest BCUT2D eigenvalue weighted by atomic mass is 10.1. The average Bonchev–Trinajstić information content (AvgIpc) is 2.42. The van der Waals surface area contributed by atoms with E-state index in [-0.39, 0.29) is 0 Å². The van der Waals surface area contributed by atoms with Gasteiger partial charge in [-0.05, 0) is 43.0 Å². The second-order valence-corrected chi connectivity index (χ2v) is 4.07. The molecule has 0 amide bonds. The highest BCUT2D eigenvalue weighted by atomic mass is 16.5. The minimum absolute atomic E-state index is 0.726. The fourth-order valence-electron chi connectivity index (χ4n) is 1.53. The Bertz CT molecular complexity index is 388. The summed E-state index contributed by atoms with van der Waals surface area (Å²) in [6, 6.07) is 7.98. The summed E-state index contributed by atoms with van der Waals surface area (Å²) in [5, 5.41) is 0. The zero-order valence-electron chi connectivity index (χ0n) is 11.5. The van der Waals surface area contributed by atoms with Crippen molar-refractivity contribution in [1.29, 1.82) is 0 Å². The van der Waals surface area contributed by atoms with E-state index in [0.29, 0.717) is 0 Å². The molecule has 1 aromatic carbocycles. The lowest BCUT2D eigenvalue weighted by molar-refractivity contribution is 0.257. The van der Waals surface area contributed by atoms with Crippen LogP contribution in [0.2, 0.25) is 0 Å². The van der Waals surface area contributed by atoms with Crippen LogP contribution in [-0.2, 0) is 4.74 Å². The molecule has 1 aromatic rings. The first kappa shape index (κ1) is 14.4. The molecule has 0 heterocycles. The van der Waals surface area contributed by atoms with Gasteiger partial charge in [0.05, 0.1) is 20.0 Å². The van der Waals surface area contributed by atoms with Crippen molar-refractivity contribution < 1.29 is 9.47 Å². The van der Waals surface area contributed by atoms with Crippen LogP contribution in [0, 0.1) is 0 Å². The summed E-state index contributed by atoms with van der Waals surface area (Å²) in [5.74, 6) is 0.872. The van der Waals surface area contributed by atoms with Crippen LogP contribution in [0.4, 0.5) is 0 Å². The van der Waals surface area contributed by atoms with Crippen molar-refractivity contribution in [3.8, 4) is 5.75 Å². The molecule has 2 heteroatoms. The summed E-state index contributed by atoms with van der Waals surface area (Å²) in [4.78, 5) is 0. The van der Waals surface area contributed by atoms with E-state index in [9.17, 15) is 0 Å². The first-order valence-corrected chi connectivity index (χ1v) is 6.35. The maximum Gasteiger partial charge on any atom is 0.118 e. The zero-order chi connectivity index (χ0) is 13.2. The van der Waals surface area contributed by atoms with Crippen LogP contribution in [0.5, 0.6) is 5.75 Å². The summed E-state index contributed by atoms with van der Waals surface area (Å²) in [6.45, 7) is 4.90. The number of hydrogen-bond donors (Lipinski definition) is 0. The third-order valence-electron chi connectivity index (χ3n) is 2.61. The molecule has 0 spiro atoms. The molecule has 0 aliphatic carbocycles. The Morgan fingerprint density at radius 2 is 1.89 bits per heavy atom. The van der Waals surface area contributed by atoms with E-state index in [1.807, 2.05) is 37.5 Å². The molecule has 98 valence electrons. The summed E-state index contributed by atoms with van der Waals surface area (Å²) < 4.78 is 10.6. The summed E-state index contributed by atoms with van der Waals surface area (Å²) in [7, 11) is 1.67. The standard InChI is InChI=1S/C16H22O2/c1-4-5-6-7-12-18-13-14(2)15-8-10-16(17-3)11-9-15/h5-6,8-11,13H,4,7,12H2,1-3H3/b6-5-,14-13?. The van der Waals surface area contributed by atoms with Gasteiger partial charge in [-0.15, -0.1) is 0 Å². The number of benzene rings is 1. The van der Waals surface area contributed by atoms with Crippen molar-refractivity contribution in [3.63, 3.8) is 0 Å². The first-order valence-electron chi connectivity index (χ1n) is 6.35. The molecule has 0 N–H and O–H groups in total. The number of allylic oxidation sites excluding steroid dienone is 2. The smallest absolute Gasteiger partial charge is 0.118 e. The molecular weight excluding hydrogens is 224 g/mol. The fraction of sp³-hybridized carbons (Fsp3) is 0.375. The highest BCUT2D eigenvalue weighted by molar-refractivity contribution is 5.63. The number of rotatable bonds is 7. The van der Waals surface area contributed by atoms with Crippen molar-refractivity contribution in [2.45, 2.75) is 26.7 Å². The maximum absolute atomic E-state index is 5.51. The second-order valence-electron chi connectivity index (χ2n) is 4.07. The van der Waals surface area contributed by atoms with Gasteiger partial charge in [0.2, 0.25) is 0 Å². The largest absolute Gasteiger partial charge is 0.501 e. The fourth-order valence-corrected chi connectivity index (χ4v) is 1.53. The Hall–Kier alpha value is -1.70. The van der Waals surface area contributed by atoms with Gasteiger partial charge in [0.1, 0.15) is 5.75 Å². The Morgan fingerprint density at radius 1 is 1.17 bits per heavy atom. The van der Waals surface area contributed by atoms with Crippen molar-refractivity contribution in [2.24, 2.45) is 0 Å². The van der Waals surface area contributed by atoms with E-state index in [4.69, 9.17) is 9.47 Å². The summed E-state index contributed by atoms with van der Waals surface area (Å²) in [5.41, 5.74) is 2.28. The predicted molar refractivity (Wildman–Crippen MR) is 76.6 cm³/mol. The molecule has 0 aromatic heterocycles. The van der Waals surface area contributed by atoms with E-state index in [2.05, 4.69) is 19.1 Å². The predicted octanol–water partition coefficient (Wildman–Crippen LogP) is 4.43. The van der Waals surface area contributed by atoms with Crippen LogP contribution in [0.1, 0.15) is 32.3 Å². The van der Waals surface area contributed by atoms with Crippen molar-refractivity contribution in [1.82, 2.24) is 0 Å². The SMILES string of the molecule is CC/C=C\CCOC=C(C)c1ccc(OC)cc1. The van der Waals surface area contributed by atoms with Crippen molar-refractivity contribution in [2.75, 3.05) is 13.7 Å². The molecule has 1 rings (SSSR count). The van der Waals surface area contributed by atoms with Gasteiger partial charge in [-0.1, -0.05) is 31.2 Å². The van der Waals surface area contributed by atoms with E-state index in [1.54, 1.807) is 7.11 Å². The molecule has 0 radical (unpaired) electrons. The Kier molecular flexibility index (Phi) is 6.70. The van der Waals surface area contributed by atoms with E-state index in [1.165, 1.54) is 0 Å². The van der Waals surface area contributed by atoms with Gasteiger partial charge in [-0.3, -0.25) is 0 Å². The van der Waals surface area contributed by atoms with Gasteiger partial charge in [-0.2, -0.15) is 0 Å². The maximum atomic E-state index is 5.51. The van der Waals surface area contributed by atoms with E-state index in [0.717, 1.165) is 36.3 Å². The Balaban J connectivity index is 2.42.